The monoisotopic (exact) mass is 282 g/mol. The zero-order chi connectivity index (χ0) is 15.2. The second-order valence-electron chi connectivity index (χ2n) is 5.56. The number of likely N-dealkylation sites (N-methyl/N-ethyl adjacent to an activating group) is 1. The Kier molecular flexibility index (Phi) is 6.26. The number of nitrogens with zero attached hydrogens (tertiary/aromatic N) is 1. The van der Waals surface area contributed by atoms with Crippen LogP contribution in [0.1, 0.15) is 12.5 Å². The van der Waals surface area contributed by atoms with Gasteiger partial charge in [0.1, 0.15) is 11.5 Å². The predicted octanol–water partition coefficient (Wildman–Crippen LogP) is 1.11. The van der Waals surface area contributed by atoms with Crippen molar-refractivity contribution in [3.63, 3.8) is 0 Å². The number of ether oxygens (including phenoxy) is 2. The average Bonchev–Trinajstić information content (AvgIpc) is 2.36. The summed E-state index contributed by atoms with van der Waals surface area (Å²) in [5.74, 6) is 1.53. The maximum atomic E-state index is 10.2. The van der Waals surface area contributed by atoms with Gasteiger partial charge in [0, 0.05) is 25.7 Å². The standard InChI is InChI=1S/C15H26N2O3/c1-15(18,11-17(2)3)10-16-9-12-6-13(19-4)8-14(7-12)20-5/h6-8,16,18H,9-11H2,1-5H3. The van der Waals surface area contributed by atoms with Crippen LogP contribution in [0.5, 0.6) is 11.5 Å². The molecule has 0 aliphatic rings. The molecule has 1 aromatic carbocycles. The highest BCUT2D eigenvalue weighted by Gasteiger charge is 2.20. The molecule has 0 aliphatic heterocycles. The lowest BCUT2D eigenvalue weighted by Gasteiger charge is -2.27. The highest BCUT2D eigenvalue weighted by molar-refractivity contribution is 5.38. The van der Waals surface area contributed by atoms with Gasteiger partial charge >= 0.3 is 0 Å². The van der Waals surface area contributed by atoms with Crippen LogP contribution in [0, 0.1) is 0 Å². The Morgan fingerprint density at radius 3 is 2.15 bits per heavy atom. The van der Waals surface area contributed by atoms with E-state index in [1.807, 2.05) is 44.1 Å². The molecule has 0 amide bonds. The second kappa shape index (κ2) is 7.47. The van der Waals surface area contributed by atoms with E-state index in [1.165, 1.54) is 0 Å². The van der Waals surface area contributed by atoms with Gasteiger partial charge in [-0.1, -0.05) is 0 Å². The van der Waals surface area contributed by atoms with Crippen LogP contribution in [-0.4, -0.2) is 57.0 Å². The van der Waals surface area contributed by atoms with Gasteiger partial charge < -0.3 is 24.8 Å². The van der Waals surface area contributed by atoms with Crippen molar-refractivity contribution in [2.75, 3.05) is 41.4 Å². The van der Waals surface area contributed by atoms with Gasteiger partial charge in [-0.15, -0.1) is 0 Å². The van der Waals surface area contributed by atoms with Crippen LogP contribution in [0.25, 0.3) is 0 Å². The van der Waals surface area contributed by atoms with Crippen LogP contribution in [0.3, 0.4) is 0 Å². The molecule has 1 atom stereocenters. The first-order valence-corrected chi connectivity index (χ1v) is 6.66. The molecule has 1 aromatic rings. The molecule has 0 saturated heterocycles. The molecule has 5 nitrogen and oxygen atoms in total. The van der Waals surface area contributed by atoms with E-state index in [9.17, 15) is 5.11 Å². The number of hydrogen-bond acceptors (Lipinski definition) is 5. The van der Waals surface area contributed by atoms with Crippen molar-refractivity contribution < 1.29 is 14.6 Å². The fourth-order valence-corrected chi connectivity index (χ4v) is 2.18. The molecule has 2 N–H and O–H groups in total. The lowest BCUT2D eigenvalue weighted by atomic mass is 10.1. The Bertz CT molecular complexity index is 397. The number of benzene rings is 1. The summed E-state index contributed by atoms with van der Waals surface area (Å²) < 4.78 is 10.5. The van der Waals surface area contributed by atoms with Gasteiger partial charge in [-0.3, -0.25) is 0 Å². The highest BCUT2D eigenvalue weighted by Crippen LogP contribution is 2.22. The summed E-state index contributed by atoms with van der Waals surface area (Å²) in [7, 11) is 7.16. The lowest BCUT2D eigenvalue weighted by molar-refractivity contribution is 0.0336. The van der Waals surface area contributed by atoms with Crippen LogP contribution in [-0.2, 0) is 6.54 Å². The molecule has 5 heteroatoms. The molecule has 0 aromatic heterocycles. The highest BCUT2D eigenvalue weighted by atomic mass is 16.5. The largest absolute Gasteiger partial charge is 0.497 e. The zero-order valence-electron chi connectivity index (χ0n) is 13.1. The van der Waals surface area contributed by atoms with Gasteiger partial charge in [0.2, 0.25) is 0 Å². The quantitative estimate of drug-likeness (QED) is 0.748. The second-order valence-corrected chi connectivity index (χ2v) is 5.56. The maximum absolute atomic E-state index is 10.2. The lowest BCUT2D eigenvalue weighted by Crippen LogP contribution is -2.45. The first-order valence-electron chi connectivity index (χ1n) is 6.66. The molecular weight excluding hydrogens is 256 g/mol. The van der Waals surface area contributed by atoms with Crippen molar-refractivity contribution in [1.29, 1.82) is 0 Å². The Morgan fingerprint density at radius 2 is 1.70 bits per heavy atom. The van der Waals surface area contributed by atoms with Gasteiger partial charge in [-0.25, -0.2) is 0 Å². The van der Waals surface area contributed by atoms with Gasteiger partial charge in [-0.05, 0) is 38.7 Å². The van der Waals surface area contributed by atoms with Crippen LogP contribution < -0.4 is 14.8 Å². The van der Waals surface area contributed by atoms with E-state index in [4.69, 9.17) is 9.47 Å². The van der Waals surface area contributed by atoms with Crippen LogP contribution in [0.2, 0.25) is 0 Å². The van der Waals surface area contributed by atoms with Crippen molar-refractivity contribution in [3.8, 4) is 11.5 Å². The molecule has 1 unspecified atom stereocenters. The third-order valence-electron chi connectivity index (χ3n) is 2.90. The van der Waals surface area contributed by atoms with E-state index < -0.39 is 5.60 Å². The summed E-state index contributed by atoms with van der Waals surface area (Å²) in [6.07, 6.45) is 0. The third-order valence-corrected chi connectivity index (χ3v) is 2.90. The van der Waals surface area contributed by atoms with Crippen molar-refractivity contribution in [3.05, 3.63) is 23.8 Å². The molecule has 114 valence electrons. The van der Waals surface area contributed by atoms with E-state index >= 15 is 0 Å². The van der Waals surface area contributed by atoms with Crippen molar-refractivity contribution in [2.24, 2.45) is 0 Å². The molecule has 0 aliphatic carbocycles. The predicted molar refractivity (Wildman–Crippen MR) is 80.4 cm³/mol. The summed E-state index contributed by atoms with van der Waals surface area (Å²) in [5, 5.41) is 13.5. The summed E-state index contributed by atoms with van der Waals surface area (Å²) in [4.78, 5) is 1.97. The van der Waals surface area contributed by atoms with Crippen molar-refractivity contribution >= 4 is 0 Å². The number of nitrogens with one attached hydrogen (secondary N) is 1. The van der Waals surface area contributed by atoms with E-state index in [0.717, 1.165) is 17.1 Å². The Labute approximate surface area is 121 Å². The fourth-order valence-electron chi connectivity index (χ4n) is 2.18. The Balaban J connectivity index is 2.57. The molecule has 1 rings (SSSR count). The summed E-state index contributed by atoms with van der Waals surface area (Å²) in [6, 6.07) is 5.75. The number of methoxy groups -OCH3 is 2. The van der Waals surface area contributed by atoms with E-state index in [-0.39, 0.29) is 0 Å². The molecule has 20 heavy (non-hydrogen) atoms. The third kappa shape index (κ3) is 5.77. The van der Waals surface area contributed by atoms with Gasteiger partial charge in [0.15, 0.2) is 0 Å². The first kappa shape index (κ1) is 16.8. The number of hydrogen-bond donors (Lipinski definition) is 2. The summed E-state index contributed by atoms with van der Waals surface area (Å²) >= 11 is 0. The van der Waals surface area contributed by atoms with E-state index in [2.05, 4.69) is 5.32 Å². The number of aliphatic hydroxyl groups is 1. The van der Waals surface area contributed by atoms with Gasteiger partial charge in [0.05, 0.1) is 19.8 Å². The zero-order valence-corrected chi connectivity index (χ0v) is 13.1. The minimum absolute atomic E-state index is 0.519. The summed E-state index contributed by atoms with van der Waals surface area (Å²) in [5.41, 5.74) is 0.300. The maximum Gasteiger partial charge on any atom is 0.122 e. The average molecular weight is 282 g/mol. The molecule has 0 saturated carbocycles. The number of rotatable bonds is 8. The van der Waals surface area contributed by atoms with Crippen molar-refractivity contribution in [1.82, 2.24) is 10.2 Å². The topological polar surface area (TPSA) is 54.0 Å². The first-order chi connectivity index (χ1) is 9.36. The molecule has 0 fully saturated rings. The molecule has 0 bridgehead atoms. The normalized spacial score (nSPS) is 14.2. The Hall–Kier alpha value is -1.30. The van der Waals surface area contributed by atoms with Gasteiger partial charge in [0.25, 0.3) is 0 Å². The minimum atomic E-state index is -0.757. The molecular formula is C15H26N2O3. The van der Waals surface area contributed by atoms with Gasteiger partial charge in [-0.2, -0.15) is 0 Å². The molecule has 0 radical (unpaired) electrons. The van der Waals surface area contributed by atoms with Crippen LogP contribution in [0.15, 0.2) is 18.2 Å². The summed E-state index contributed by atoms with van der Waals surface area (Å²) in [6.45, 7) is 3.61. The Morgan fingerprint density at radius 1 is 1.15 bits per heavy atom. The smallest absolute Gasteiger partial charge is 0.122 e. The van der Waals surface area contributed by atoms with E-state index in [0.29, 0.717) is 19.6 Å². The molecule has 0 spiro atoms. The minimum Gasteiger partial charge on any atom is -0.497 e. The van der Waals surface area contributed by atoms with Crippen molar-refractivity contribution in [2.45, 2.75) is 19.1 Å². The SMILES string of the molecule is COc1cc(CNCC(C)(O)CN(C)C)cc(OC)c1. The van der Waals surface area contributed by atoms with Crippen LogP contribution in [0.4, 0.5) is 0 Å². The van der Waals surface area contributed by atoms with Crippen LogP contribution >= 0.6 is 0 Å². The fraction of sp³-hybridized carbons (Fsp3) is 0.600. The van der Waals surface area contributed by atoms with E-state index in [1.54, 1.807) is 14.2 Å². The molecule has 0 heterocycles.